The van der Waals surface area contributed by atoms with Crippen molar-refractivity contribution in [1.82, 2.24) is 10.6 Å². The maximum atomic E-state index is 11.6. The summed E-state index contributed by atoms with van der Waals surface area (Å²) in [5, 5.41) is 14.6. The molecule has 0 heterocycles. The van der Waals surface area contributed by atoms with Crippen LogP contribution in [0, 0.1) is 5.92 Å². The normalized spacial score (nSPS) is 26.3. The first-order valence-corrected chi connectivity index (χ1v) is 6.83. The van der Waals surface area contributed by atoms with Gasteiger partial charge >= 0.3 is 6.03 Å². The molecule has 0 aromatic heterocycles. The van der Waals surface area contributed by atoms with E-state index in [4.69, 9.17) is 5.11 Å². The maximum absolute atomic E-state index is 11.6. The van der Waals surface area contributed by atoms with Crippen LogP contribution in [0.25, 0.3) is 0 Å². The van der Waals surface area contributed by atoms with Gasteiger partial charge in [0.1, 0.15) is 0 Å². The minimum atomic E-state index is -0.0918. The maximum Gasteiger partial charge on any atom is 0.315 e. The van der Waals surface area contributed by atoms with E-state index in [2.05, 4.69) is 17.6 Å². The fraction of sp³-hybridized carbons (Fsp3) is 0.923. The van der Waals surface area contributed by atoms with Gasteiger partial charge in [-0.05, 0) is 44.9 Å². The monoisotopic (exact) mass is 242 g/mol. The molecule has 0 radical (unpaired) electrons. The van der Waals surface area contributed by atoms with Crippen LogP contribution in [0.1, 0.15) is 52.4 Å². The lowest BCUT2D eigenvalue weighted by Crippen LogP contribution is -2.46. The summed E-state index contributed by atoms with van der Waals surface area (Å²) >= 11 is 0. The Labute approximate surface area is 104 Å². The van der Waals surface area contributed by atoms with Gasteiger partial charge in [0.05, 0.1) is 0 Å². The van der Waals surface area contributed by atoms with Crippen LogP contribution in [0.5, 0.6) is 0 Å². The average molecular weight is 242 g/mol. The number of carbonyl (C=O) groups excluding carboxylic acids is 1. The van der Waals surface area contributed by atoms with Crippen LogP contribution in [0.4, 0.5) is 4.79 Å². The lowest BCUT2D eigenvalue weighted by atomic mass is 9.85. The molecule has 2 amide bonds. The van der Waals surface area contributed by atoms with E-state index in [1.165, 1.54) is 19.3 Å². The van der Waals surface area contributed by atoms with Crippen molar-refractivity contribution in [2.45, 2.75) is 64.5 Å². The highest BCUT2D eigenvalue weighted by molar-refractivity contribution is 5.74. The number of rotatable bonds is 5. The second-order valence-electron chi connectivity index (χ2n) is 5.16. The Balaban J connectivity index is 2.19. The van der Waals surface area contributed by atoms with Gasteiger partial charge in [0.2, 0.25) is 0 Å². The first kappa shape index (κ1) is 14.3. The fourth-order valence-electron chi connectivity index (χ4n) is 2.43. The summed E-state index contributed by atoms with van der Waals surface area (Å²) in [6.45, 7) is 4.26. The molecule has 1 saturated carbocycles. The topological polar surface area (TPSA) is 61.4 Å². The van der Waals surface area contributed by atoms with E-state index in [1.54, 1.807) is 0 Å². The molecule has 0 bridgehead atoms. The van der Waals surface area contributed by atoms with Crippen LogP contribution in [-0.4, -0.2) is 29.8 Å². The summed E-state index contributed by atoms with van der Waals surface area (Å²) in [6.07, 6.45) is 6.52. The van der Waals surface area contributed by atoms with Crippen LogP contribution < -0.4 is 10.6 Å². The molecule has 1 atom stereocenters. The lowest BCUT2D eigenvalue weighted by molar-refractivity contribution is 0.218. The molecule has 4 nitrogen and oxygen atoms in total. The SMILES string of the molecule is CCC1CCC(NC(=O)N[C@H](C)CCO)CC1. The molecule has 0 aromatic carbocycles. The number of hydrogen-bond acceptors (Lipinski definition) is 2. The predicted octanol–water partition coefficient (Wildman–Crippen LogP) is 2.03. The Kier molecular flexibility index (Phi) is 6.34. The van der Waals surface area contributed by atoms with Crippen LogP contribution in [0.2, 0.25) is 0 Å². The number of aliphatic hydroxyl groups excluding tert-OH is 1. The van der Waals surface area contributed by atoms with Crippen molar-refractivity contribution in [3.8, 4) is 0 Å². The van der Waals surface area contributed by atoms with Crippen LogP contribution in [-0.2, 0) is 0 Å². The van der Waals surface area contributed by atoms with E-state index in [0.717, 1.165) is 18.8 Å². The largest absolute Gasteiger partial charge is 0.396 e. The number of nitrogens with one attached hydrogen (secondary N) is 2. The van der Waals surface area contributed by atoms with E-state index in [9.17, 15) is 4.79 Å². The third-order valence-electron chi connectivity index (χ3n) is 3.70. The summed E-state index contributed by atoms with van der Waals surface area (Å²) in [6, 6.07) is 0.275. The highest BCUT2D eigenvalue weighted by atomic mass is 16.3. The van der Waals surface area contributed by atoms with Gasteiger partial charge in [-0.1, -0.05) is 13.3 Å². The first-order valence-electron chi connectivity index (χ1n) is 6.83. The van der Waals surface area contributed by atoms with Gasteiger partial charge in [-0.2, -0.15) is 0 Å². The fourth-order valence-corrected chi connectivity index (χ4v) is 2.43. The Bertz CT molecular complexity index is 225. The Morgan fingerprint density at radius 2 is 2.00 bits per heavy atom. The van der Waals surface area contributed by atoms with Gasteiger partial charge in [0.15, 0.2) is 0 Å². The molecule has 100 valence electrons. The van der Waals surface area contributed by atoms with Crippen LogP contribution >= 0.6 is 0 Å². The molecule has 3 N–H and O–H groups in total. The standard InChI is InChI=1S/C13H26N2O2/c1-3-11-4-6-12(7-5-11)15-13(17)14-10(2)8-9-16/h10-12,16H,3-9H2,1-2H3,(H2,14,15,17)/t10-,11?,12?/m1/s1. The molecule has 1 rings (SSSR count). The number of hydrogen-bond donors (Lipinski definition) is 3. The van der Waals surface area contributed by atoms with Gasteiger partial charge in [-0.25, -0.2) is 4.79 Å². The lowest BCUT2D eigenvalue weighted by Gasteiger charge is -2.28. The Morgan fingerprint density at radius 1 is 1.35 bits per heavy atom. The van der Waals surface area contributed by atoms with Crippen molar-refractivity contribution < 1.29 is 9.90 Å². The van der Waals surface area contributed by atoms with Crippen molar-refractivity contribution in [2.75, 3.05) is 6.61 Å². The summed E-state index contributed by atoms with van der Waals surface area (Å²) in [5.74, 6) is 0.851. The number of urea groups is 1. The predicted molar refractivity (Wildman–Crippen MR) is 68.9 cm³/mol. The van der Waals surface area contributed by atoms with E-state index < -0.39 is 0 Å². The van der Waals surface area contributed by atoms with Crippen LogP contribution in [0.15, 0.2) is 0 Å². The Morgan fingerprint density at radius 3 is 2.53 bits per heavy atom. The van der Waals surface area contributed by atoms with E-state index >= 15 is 0 Å². The van der Waals surface area contributed by atoms with Crippen LogP contribution in [0.3, 0.4) is 0 Å². The number of carbonyl (C=O) groups is 1. The molecule has 1 aliphatic rings. The highest BCUT2D eigenvalue weighted by Gasteiger charge is 2.21. The quantitative estimate of drug-likeness (QED) is 0.690. The van der Waals surface area contributed by atoms with Gasteiger partial charge in [0, 0.05) is 18.7 Å². The van der Waals surface area contributed by atoms with Gasteiger partial charge in [-0.3, -0.25) is 0 Å². The molecule has 4 heteroatoms. The van der Waals surface area contributed by atoms with Crippen molar-refractivity contribution in [1.29, 1.82) is 0 Å². The summed E-state index contributed by atoms with van der Waals surface area (Å²) in [5.41, 5.74) is 0. The van der Waals surface area contributed by atoms with E-state index in [-0.39, 0.29) is 18.7 Å². The summed E-state index contributed by atoms with van der Waals surface area (Å²) in [7, 11) is 0. The molecule has 0 aliphatic heterocycles. The van der Waals surface area contributed by atoms with E-state index in [0.29, 0.717) is 12.5 Å². The Hall–Kier alpha value is -0.770. The minimum Gasteiger partial charge on any atom is -0.396 e. The second-order valence-corrected chi connectivity index (χ2v) is 5.16. The van der Waals surface area contributed by atoms with Gasteiger partial charge in [0.25, 0.3) is 0 Å². The third-order valence-corrected chi connectivity index (χ3v) is 3.70. The summed E-state index contributed by atoms with van der Waals surface area (Å²) in [4.78, 5) is 11.6. The molecule has 1 fully saturated rings. The number of aliphatic hydroxyl groups is 1. The molecule has 0 spiro atoms. The van der Waals surface area contributed by atoms with Gasteiger partial charge < -0.3 is 15.7 Å². The summed E-state index contributed by atoms with van der Waals surface area (Å²) < 4.78 is 0. The van der Waals surface area contributed by atoms with E-state index in [1.807, 2.05) is 6.92 Å². The number of amides is 2. The second kappa shape index (κ2) is 7.54. The van der Waals surface area contributed by atoms with Crippen molar-refractivity contribution >= 4 is 6.03 Å². The smallest absolute Gasteiger partial charge is 0.315 e. The molecule has 0 unspecified atom stereocenters. The molecular weight excluding hydrogens is 216 g/mol. The molecule has 1 aliphatic carbocycles. The molecule has 0 aromatic rings. The highest BCUT2D eigenvalue weighted by Crippen LogP contribution is 2.26. The molecule has 17 heavy (non-hydrogen) atoms. The first-order chi connectivity index (χ1) is 8.15. The van der Waals surface area contributed by atoms with Crippen molar-refractivity contribution in [2.24, 2.45) is 5.92 Å². The molecular formula is C13H26N2O2. The van der Waals surface area contributed by atoms with Crippen molar-refractivity contribution in [3.05, 3.63) is 0 Å². The third kappa shape index (κ3) is 5.39. The zero-order valence-electron chi connectivity index (χ0n) is 11.0. The van der Waals surface area contributed by atoms with Crippen molar-refractivity contribution in [3.63, 3.8) is 0 Å². The minimum absolute atomic E-state index is 0.0342. The molecule has 0 saturated heterocycles. The van der Waals surface area contributed by atoms with Gasteiger partial charge in [-0.15, -0.1) is 0 Å². The zero-order chi connectivity index (χ0) is 12.7. The zero-order valence-corrected chi connectivity index (χ0v) is 11.0. The average Bonchev–Trinajstić information content (AvgIpc) is 2.30.